The van der Waals surface area contributed by atoms with Gasteiger partial charge in [-0.25, -0.2) is 0 Å². The second-order valence-corrected chi connectivity index (χ2v) is 5.46. The lowest BCUT2D eigenvalue weighted by Crippen LogP contribution is -2.39. The number of ether oxygens (including phenoxy) is 1. The molecular weight excluding hydrogens is 226 g/mol. The summed E-state index contributed by atoms with van der Waals surface area (Å²) in [5.41, 5.74) is 0. The molecule has 4 heteroatoms. The smallest absolute Gasteiger partial charge is 0.0589 e. The highest BCUT2D eigenvalue weighted by atomic mass is 16.5. The summed E-state index contributed by atoms with van der Waals surface area (Å²) in [6.45, 7) is 6.45. The summed E-state index contributed by atoms with van der Waals surface area (Å²) in [6, 6.07) is 0.803. The fraction of sp³-hybridized carbons (Fsp3) is 1.00. The number of rotatable bonds is 9. The van der Waals surface area contributed by atoms with Gasteiger partial charge in [-0.15, -0.1) is 0 Å². The molecule has 1 unspecified atom stereocenters. The molecule has 1 saturated heterocycles. The van der Waals surface area contributed by atoms with Gasteiger partial charge in [0, 0.05) is 32.8 Å². The van der Waals surface area contributed by atoms with Crippen molar-refractivity contribution in [2.24, 2.45) is 0 Å². The van der Waals surface area contributed by atoms with Crippen molar-refractivity contribution in [3.05, 3.63) is 0 Å². The minimum absolute atomic E-state index is 0.803. The van der Waals surface area contributed by atoms with E-state index in [2.05, 4.69) is 29.2 Å². The molecular formula is C14H31N3O. The van der Waals surface area contributed by atoms with E-state index in [0.717, 1.165) is 38.8 Å². The van der Waals surface area contributed by atoms with Gasteiger partial charge in [-0.3, -0.25) is 0 Å². The number of methoxy groups -OCH3 is 1. The summed E-state index contributed by atoms with van der Waals surface area (Å²) in [7, 11) is 6.17. The third-order valence-corrected chi connectivity index (χ3v) is 3.92. The average Bonchev–Trinajstić information content (AvgIpc) is 2.38. The van der Waals surface area contributed by atoms with Gasteiger partial charge in [0.25, 0.3) is 0 Å². The van der Waals surface area contributed by atoms with E-state index in [9.17, 15) is 0 Å². The fourth-order valence-corrected chi connectivity index (χ4v) is 2.53. The number of likely N-dealkylation sites (N-methyl/N-ethyl adjacent to an activating group) is 1. The molecule has 1 N–H and O–H groups in total. The zero-order chi connectivity index (χ0) is 13.2. The van der Waals surface area contributed by atoms with E-state index >= 15 is 0 Å². The van der Waals surface area contributed by atoms with Crippen molar-refractivity contribution >= 4 is 0 Å². The maximum absolute atomic E-state index is 5.06. The molecule has 0 saturated carbocycles. The molecule has 0 bridgehead atoms. The Hall–Kier alpha value is -0.160. The van der Waals surface area contributed by atoms with Crippen molar-refractivity contribution in [3.8, 4) is 0 Å². The van der Waals surface area contributed by atoms with Crippen LogP contribution in [-0.2, 0) is 4.74 Å². The first-order valence-electron chi connectivity index (χ1n) is 7.32. The van der Waals surface area contributed by atoms with Crippen LogP contribution in [-0.4, -0.2) is 76.4 Å². The Labute approximate surface area is 113 Å². The molecule has 1 rings (SSSR count). The Morgan fingerprint density at radius 1 is 1.28 bits per heavy atom. The normalized spacial score (nSPS) is 21.7. The van der Waals surface area contributed by atoms with Gasteiger partial charge in [0.15, 0.2) is 0 Å². The third-order valence-electron chi connectivity index (χ3n) is 3.92. The van der Waals surface area contributed by atoms with Crippen molar-refractivity contribution in [1.29, 1.82) is 0 Å². The van der Waals surface area contributed by atoms with Crippen LogP contribution in [0.4, 0.5) is 0 Å². The number of likely N-dealkylation sites (tertiary alicyclic amines) is 1. The molecule has 1 atom stereocenters. The van der Waals surface area contributed by atoms with Crippen LogP contribution in [0.2, 0.25) is 0 Å². The van der Waals surface area contributed by atoms with E-state index in [1.54, 1.807) is 7.11 Å². The van der Waals surface area contributed by atoms with E-state index in [1.807, 2.05) is 0 Å². The zero-order valence-corrected chi connectivity index (χ0v) is 12.5. The molecule has 0 aromatic carbocycles. The molecule has 0 aromatic heterocycles. The summed E-state index contributed by atoms with van der Waals surface area (Å²) in [6.07, 6.45) is 5.46. The number of hydrogen-bond acceptors (Lipinski definition) is 4. The number of nitrogens with zero attached hydrogens (tertiary/aromatic N) is 2. The Balaban J connectivity index is 1.94. The van der Waals surface area contributed by atoms with Crippen LogP contribution in [0, 0.1) is 0 Å². The average molecular weight is 257 g/mol. The summed E-state index contributed by atoms with van der Waals surface area (Å²) < 4.78 is 5.06. The lowest BCUT2D eigenvalue weighted by atomic mass is 10.0. The quantitative estimate of drug-likeness (QED) is 0.624. The SMILES string of the molecule is COCCN(C)CCNCCC1CCCCN1C. The monoisotopic (exact) mass is 257 g/mol. The largest absolute Gasteiger partial charge is 0.383 e. The Bertz CT molecular complexity index is 201. The lowest BCUT2D eigenvalue weighted by Gasteiger charge is -2.32. The van der Waals surface area contributed by atoms with Gasteiger partial charge in [-0.2, -0.15) is 0 Å². The third kappa shape index (κ3) is 6.69. The van der Waals surface area contributed by atoms with Crippen molar-refractivity contribution in [3.63, 3.8) is 0 Å². The number of piperidine rings is 1. The van der Waals surface area contributed by atoms with Crippen LogP contribution in [0.15, 0.2) is 0 Å². The minimum atomic E-state index is 0.803. The van der Waals surface area contributed by atoms with Crippen LogP contribution in [0.3, 0.4) is 0 Å². The van der Waals surface area contributed by atoms with E-state index in [4.69, 9.17) is 4.74 Å². The summed E-state index contributed by atoms with van der Waals surface area (Å²) in [5.74, 6) is 0. The molecule has 0 spiro atoms. The van der Waals surface area contributed by atoms with E-state index < -0.39 is 0 Å². The Morgan fingerprint density at radius 3 is 2.83 bits per heavy atom. The van der Waals surface area contributed by atoms with E-state index in [-0.39, 0.29) is 0 Å². The van der Waals surface area contributed by atoms with Gasteiger partial charge < -0.3 is 19.9 Å². The van der Waals surface area contributed by atoms with Crippen molar-refractivity contribution in [2.45, 2.75) is 31.7 Å². The van der Waals surface area contributed by atoms with Crippen LogP contribution >= 0.6 is 0 Å². The minimum Gasteiger partial charge on any atom is -0.383 e. The summed E-state index contributed by atoms with van der Waals surface area (Å²) in [4.78, 5) is 4.83. The number of hydrogen-bond donors (Lipinski definition) is 1. The van der Waals surface area contributed by atoms with Crippen LogP contribution in [0.25, 0.3) is 0 Å². The number of nitrogens with one attached hydrogen (secondary N) is 1. The van der Waals surface area contributed by atoms with Crippen LogP contribution in [0.1, 0.15) is 25.7 Å². The Kier molecular flexibility index (Phi) is 8.59. The van der Waals surface area contributed by atoms with Crippen molar-refractivity contribution < 1.29 is 4.74 Å². The molecule has 1 aliphatic heterocycles. The molecule has 0 aromatic rings. The first kappa shape index (κ1) is 15.9. The van der Waals surface area contributed by atoms with Gasteiger partial charge in [0.05, 0.1) is 6.61 Å². The molecule has 4 nitrogen and oxygen atoms in total. The molecule has 0 amide bonds. The van der Waals surface area contributed by atoms with Crippen molar-refractivity contribution in [2.75, 3.05) is 60.5 Å². The molecule has 108 valence electrons. The highest BCUT2D eigenvalue weighted by Crippen LogP contribution is 2.16. The predicted octanol–water partition coefficient (Wildman–Crippen LogP) is 1.03. The van der Waals surface area contributed by atoms with Gasteiger partial charge >= 0.3 is 0 Å². The maximum Gasteiger partial charge on any atom is 0.0589 e. The topological polar surface area (TPSA) is 27.7 Å². The van der Waals surface area contributed by atoms with Gasteiger partial charge in [-0.1, -0.05) is 6.42 Å². The van der Waals surface area contributed by atoms with Crippen molar-refractivity contribution in [1.82, 2.24) is 15.1 Å². The molecule has 1 aliphatic rings. The van der Waals surface area contributed by atoms with Crippen LogP contribution in [0.5, 0.6) is 0 Å². The van der Waals surface area contributed by atoms with Gasteiger partial charge in [0.1, 0.15) is 0 Å². The molecule has 1 fully saturated rings. The first-order chi connectivity index (χ1) is 8.74. The van der Waals surface area contributed by atoms with Gasteiger partial charge in [0.2, 0.25) is 0 Å². The highest BCUT2D eigenvalue weighted by Gasteiger charge is 2.17. The predicted molar refractivity (Wildman–Crippen MR) is 77.1 cm³/mol. The van der Waals surface area contributed by atoms with Crippen LogP contribution < -0.4 is 5.32 Å². The van der Waals surface area contributed by atoms with Gasteiger partial charge in [-0.05, 0) is 46.4 Å². The lowest BCUT2D eigenvalue weighted by molar-refractivity contribution is 0.160. The molecule has 0 radical (unpaired) electrons. The van der Waals surface area contributed by atoms with E-state index in [0.29, 0.717) is 0 Å². The first-order valence-corrected chi connectivity index (χ1v) is 7.32. The maximum atomic E-state index is 5.06. The Morgan fingerprint density at radius 2 is 2.11 bits per heavy atom. The summed E-state index contributed by atoms with van der Waals surface area (Å²) in [5, 5.41) is 3.55. The second kappa shape index (κ2) is 9.73. The molecule has 1 heterocycles. The summed E-state index contributed by atoms with van der Waals surface area (Å²) >= 11 is 0. The fourth-order valence-electron chi connectivity index (χ4n) is 2.53. The second-order valence-electron chi connectivity index (χ2n) is 5.46. The highest BCUT2D eigenvalue weighted by molar-refractivity contribution is 4.74. The zero-order valence-electron chi connectivity index (χ0n) is 12.5. The van der Waals surface area contributed by atoms with E-state index in [1.165, 1.54) is 32.2 Å². The molecule has 0 aliphatic carbocycles. The molecule has 18 heavy (non-hydrogen) atoms. The standard InChI is InChI=1S/C14H31N3O/c1-16(12-13-18-3)11-9-15-8-7-14-6-4-5-10-17(14)2/h14-15H,4-13H2,1-3H3.